The van der Waals surface area contributed by atoms with E-state index in [2.05, 4.69) is 57.9 Å². The monoisotopic (exact) mass is 313 g/mol. The van der Waals surface area contributed by atoms with Crippen molar-refractivity contribution in [2.45, 2.75) is 31.2 Å². The summed E-state index contributed by atoms with van der Waals surface area (Å²) in [6.07, 6.45) is 2.38. The van der Waals surface area contributed by atoms with E-state index in [9.17, 15) is 0 Å². The van der Waals surface area contributed by atoms with Crippen LogP contribution in [0.4, 0.5) is 0 Å². The second kappa shape index (κ2) is 4.92. The predicted molar refractivity (Wildman–Crippen MR) is 77.6 cm³/mol. The Bertz CT molecular complexity index is 414. The SMILES string of the molecule is CC(NC(=S)NN)C1(c2ccc(Br)cc2)CC1. The maximum absolute atomic E-state index is 5.28. The number of hydrazine groups is 1. The van der Waals surface area contributed by atoms with Crippen molar-refractivity contribution in [3.63, 3.8) is 0 Å². The summed E-state index contributed by atoms with van der Waals surface area (Å²) in [6.45, 7) is 2.15. The van der Waals surface area contributed by atoms with Gasteiger partial charge in [0.1, 0.15) is 0 Å². The Balaban J connectivity index is 2.13. The molecule has 0 heterocycles. The lowest BCUT2D eigenvalue weighted by molar-refractivity contribution is 0.507. The predicted octanol–water partition coefficient (Wildman–Crippen LogP) is 2.21. The molecule has 0 bridgehead atoms. The van der Waals surface area contributed by atoms with E-state index in [1.807, 2.05) is 0 Å². The molecule has 1 aliphatic carbocycles. The number of hydrogen-bond acceptors (Lipinski definition) is 2. The third kappa shape index (κ3) is 2.61. The standard InChI is InChI=1S/C12H16BrN3S/c1-8(15-11(17)16-14)12(6-7-12)9-2-4-10(13)5-3-9/h2-5,8H,6-7,14H2,1H3,(H2,15,16,17). The fourth-order valence-electron chi connectivity index (χ4n) is 2.26. The first kappa shape index (κ1) is 12.8. The highest BCUT2D eigenvalue weighted by molar-refractivity contribution is 9.10. The maximum atomic E-state index is 5.28. The molecule has 1 atom stereocenters. The molecule has 0 saturated heterocycles. The molecule has 1 aliphatic rings. The van der Waals surface area contributed by atoms with E-state index < -0.39 is 0 Å². The quantitative estimate of drug-likeness (QED) is 0.455. The van der Waals surface area contributed by atoms with Crippen molar-refractivity contribution in [1.82, 2.24) is 10.7 Å². The van der Waals surface area contributed by atoms with Crippen LogP contribution in [0.25, 0.3) is 0 Å². The molecule has 0 spiro atoms. The molecule has 1 aromatic rings. The van der Waals surface area contributed by atoms with Gasteiger partial charge in [0, 0.05) is 15.9 Å². The van der Waals surface area contributed by atoms with Gasteiger partial charge in [-0.25, -0.2) is 5.84 Å². The third-order valence-electron chi connectivity index (χ3n) is 3.52. The van der Waals surface area contributed by atoms with Crippen molar-refractivity contribution < 1.29 is 0 Å². The summed E-state index contributed by atoms with van der Waals surface area (Å²) in [5.74, 6) is 5.28. The smallest absolute Gasteiger partial charge is 0.180 e. The lowest BCUT2D eigenvalue weighted by Gasteiger charge is -2.26. The number of thiocarbonyl (C=S) groups is 1. The van der Waals surface area contributed by atoms with Crippen LogP contribution in [-0.4, -0.2) is 11.2 Å². The van der Waals surface area contributed by atoms with Crippen LogP contribution in [-0.2, 0) is 5.41 Å². The van der Waals surface area contributed by atoms with Crippen molar-refractivity contribution in [3.05, 3.63) is 34.3 Å². The zero-order chi connectivity index (χ0) is 12.5. The number of hydrogen-bond donors (Lipinski definition) is 3. The van der Waals surface area contributed by atoms with Crippen molar-refractivity contribution in [2.75, 3.05) is 0 Å². The molecule has 1 aromatic carbocycles. The van der Waals surface area contributed by atoms with Crippen LogP contribution in [0.1, 0.15) is 25.3 Å². The number of nitrogens with one attached hydrogen (secondary N) is 2. The molecule has 3 nitrogen and oxygen atoms in total. The minimum Gasteiger partial charge on any atom is -0.358 e. The molecule has 92 valence electrons. The summed E-state index contributed by atoms with van der Waals surface area (Å²) in [7, 11) is 0. The average Bonchev–Trinajstić information content (AvgIpc) is 3.11. The van der Waals surface area contributed by atoms with Crippen LogP contribution < -0.4 is 16.6 Å². The Morgan fingerprint density at radius 1 is 1.41 bits per heavy atom. The third-order valence-corrected chi connectivity index (χ3v) is 4.28. The molecule has 1 unspecified atom stereocenters. The van der Waals surface area contributed by atoms with Crippen molar-refractivity contribution >= 4 is 33.3 Å². The van der Waals surface area contributed by atoms with E-state index in [0.717, 1.165) is 4.47 Å². The molecule has 5 heteroatoms. The number of rotatable bonds is 3. The molecule has 0 aliphatic heterocycles. The largest absolute Gasteiger partial charge is 0.358 e. The van der Waals surface area contributed by atoms with Crippen LogP contribution in [0.15, 0.2) is 28.7 Å². The molecule has 2 rings (SSSR count). The zero-order valence-electron chi connectivity index (χ0n) is 9.66. The van der Waals surface area contributed by atoms with Gasteiger partial charge in [-0.1, -0.05) is 28.1 Å². The highest BCUT2D eigenvalue weighted by Crippen LogP contribution is 2.51. The first-order valence-electron chi connectivity index (χ1n) is 5.61. The second-order valence-corrected chi connectivity index (χ2v) is 5.83. The Labute approximate surface area is 115 Å². The van der Waals surface area contributed by atoms with Crippen molar-refractivity contribution in [1.29, 1.82) is 0 Å². The Morgan fingerprint density at radius 3 is 2.47 bits per heavy atom. The van der Waals surface area contributed by atoms with E-state index >= 15 is 0 Å². The summed E-state index contributed by atoms with van der Waals surface area (Å²) in [4.78, 5) is 0. The number of benzene rings is 1. The minimum absolute atomic E-state index is 0.210. The molecule has 1 fully saturated rings. The van der Waals surface area contributed by atoms with Crippen LogP contribution in [0.5, 0.6) is 0 Å². The Kier molecular flexibility index (Phi) is 3.70. The van der Waals surface area contributed by atoms with E-state index in [-0.39, 0.29) is 11.5 Å². The molecule has 1 saturated carbocycles. The van der Waals surface area contributed by atoms with E-state index in [4.69, 9.17) is 18.1 Å². The molecule has 17 heavy (non-hydrogen) atoms. The maximum Gasteiger partial charge on any atom is 0.180 e. The minimum atomic E-state index is 0.210. The average molecular weight is 314 g/mol. The van der Waals surface area contributed by atoms with Crippen LogP contribution in [0, 0.1) is 0 Å². The highest BCUT2D eigenvalue weighted by Gasteiger charge is 2.48. The lowest BCUT2D eigenvalue weighted by atomic mass is 9.89. The number of halogens is 1. The summed E-state index contributed by atoms with van der Waals surface area (Å²) in [6, 6.07) is 8.80. The molecular weight excluding hydrogens is 298 g/mol. The van der Waals surface area contributed by atoms with Gasteiger partial charge in [-0.05, 0) is 49.7 Å². The molecule has 0 aromatic heterocycles. The van der Waals surface area contributed by atoms with Gasteiger partial charge in [-0.3, -0.25) is 0 Å². The molecule has 4 N–H and O–H groups in total. The molecule has 0 amide bonds. The number of nitrogens with two attached hydrogens (primary N) is 1. The first-order chi connectivity index (χ1) is 8.08. The fraction of sp³-hybridized carbons (Fsp3) is 0.417. The lowest BCUT2D eigenvalue weighted by Crippen LogP contribution is -2.48. The Hall–Kier alpha value is -0.650. The van der Waals surface area contributed by atoms with Gasteiger partial charge in [0.05, 0.1) is 0 Å². The van der Waals surface area contributed by atoms with Crippen molar-refractivity contribution in [3.8, 4) is 0 Å². The van der Waals surface area contributed by atoms with Gasteiger partial charge >= 0.3 is 0 Å². The van der Waals surface area contributed by atoms with Crippen LogP contribution >= 0.6 is 28.1 Å². The van der Waals surface area contributed by atoms with Gasteiger partial charge in [-0.2, -0.15) is 0 Å². The van der Waals surface area contributed by atoms with Gasteiger partial charge in [0.15, 0.2) is 5.11 Å². The molecule has 0 radical (unpaired) electrons. The van der Waals surface area contributed by atoms with Gasteiger partial charge in [0.25, 0.3) is 0 Å². The zero-order valence-corrected chi connectivity index (χ0v) is 12.1. The topological polar surface area (TPSA) is 50.1 Å². The van der Waals surface area contributed by atoms with Crippen LogP contribution in [0.2, 0.25) is 0 Å². The van der Waals surface area contributed by atoms with E-state index in [1.54, 1.807) is 0 Å². The summed E-state index contributed by atoms with van der Waals surface area (Å²) in [5.41, 5.74) is 4.04. The van der Waals surface area contributed by atoms with E-state index in [0.29, 0.717) is 5.11 Å². The summed E-state index contributed by atoms with van der Waals surface area (Å²) >= 11 is 8.50. The second-order valence-electron chi connectivity index (χ2n) is 4.50. The van der Waals surface area contributed by atoms with Gasteiger partial charge < -0.3 is 10.7 Å². The Morgan fingerprint density at radius 2 is 2.00 bits per heavy atom. The molecular formula is C12H16BrN3S. The van der Waals surface area contributed by atoms with Gasteiger partial charge in [-0.15, -0.1) is 0 Å². The van der Waals surface area contributed by atoms with Crippen LogP contribution in [0.3, 0.4) is 0 Å². The van der Waals surface area contributed by atoms with Crippen molar-refractivity contribution in [2.24, 2.45) is 5.84 Å². The van der Waals surface area contributed by atoms with Gasteiger partial charge in [0.2, 0.25) is 0 Å². The fourth-order valence-corrected chi connectivity index (χ4v) is 2.71. The normalized spacial score (nSPS) is 18.3. The van der Waals surface area contributed by atoms with E-state index in [1.165, 1.54) is 18.4 Å². The first-order valence-corrected chi connectivity index (χ1v) is 6.82. The summed E-state index contributed by atoms with van der Waals surface area (Å²) < 4.78 is 1.11. The summed E-state index contributed by atoms with van der Waals surface area (Å²) in [5, 5.41) is 3.73. The highest BCUT2D eigenvalue weighted by atomic mass is 79.9.